The Kier molecular flexibility index (Phi) is 14.5. The van der Waals surface area contributed by atoms with E-state index in [9.17, 15) is 19.8 Å². The largest absolute Gasteiger partial charge is 0.396 e. The van der Waals surface area contributed by atoms with E-state index in [0.717, 1.165) is 70.8 Å². The van der Waals surface area contributed by atoms with Gasteiger partial charge in [-0.1, -0.05) is 41.0 Å². The van der Waals surface area contributed by atoms with E-state index in [1.54, 1.807) is 0 Å². The first-order valence-corrected chi connectivity index (χ1v) is 21.7. The Morgan fingerprint density at radius 2 is 1.64 bits per heavy atom. The van der Waals surface area contributed by atoms with E-state index in [1.807, 2.05) is 14.0 Å². The Balaban J connectivity index is 1.31. The summed E-state index contributed by atoms with van der Waals surface area (Å²) in [5.41, 5.74) is 0.352. The predicted molar refractivity (Wildman–Crippen MR) is 213 cm³/mol. The molecule has 16 atom stereocenters. The molecule has 6 aliphatic carbocycles. The monoisotopic (exact) mass is 745 g/mol. The molecule has 53 heavy (non-hydrogen) atoms. The van der Waals surface area contributed by atoms with Crippen LogP contribution in [0, 0.1) is 76.4 Å². The third kappa shape index (κ3) is 9.32. The molecule has 2 bridgehead atoms. The molecule has 0 aromatic rings. The van der Waals surface area contributed by atoms with Crippen LogP contribution in [0.4, 0.5) is 0 Å². The van der Waals surface area contributed by atoms with Gasteiger partial charge in [0.15, 0.2) is 0 Å². The highest BCUT2D eigenvalue weighted by Crippen LogP contribution is 2.61. The Morgan fingerprint density at radius 3 is 2.21 bits per heavy atom. The van der Waals surface area contributed by atoms with Crippen molar-refractivity contribution in [2.24, 2.45) is 76.4 Å². The van der Waals surface area contributed by atoms with Crippen LogP contribution in [0.25, 0.3) is 0 Å². The van der Waals surface area contributed by atoms with Gasteiger partial charge >= 0.3 is 0 Å². The van der Waals surface area contributed by atoms with Crippen molar-refractivity contribution < 1.29 is 24.5 Å². The van der Waals surface area contributed by atoms with Crippen LogP contribution in [0.2, 0.25) is 0 Å². The molecule has 0 aromatic carbocycles. The van der Waals surface area contributed by atoms with Gasteiger partial charge < -0.3 is 35.4 Å². The normalized spacial score (nSPS) is 40.9. The molecule has 2 amide bonds. The zero-order valence-electron chi connectivity index (χ0n) is 35.5. The van der Waals surface area contributed by atoms with E-state index in [-0.39, 0.29) is 72.2 Å². The van der Waals surface area contributed by atoms with Crippen LogP contribution in [-0.4, -0.2) is 111 Å². The molecule has 306 valence electrons. The van der Waals surface area contributed by atoms with Crippen LogP contribution in [0.1, 0.15) is 112 Å². The molecule has 0 saturated heterocycles. The fraction of sp³-hybridized carbons (Fsp3) is 0.955. The number of nitrogens with one attached hydrogen (secondary N) is 2. The van der Waals surface area contributed by atoms with Gasteiger partial charge in [-0.15, -0.1) is 0 Å². The highest BCUT2D eigenvalue weighted by molar-refractivity contribution is 5.80. The summed E-state index contributed by atoms with van der Waals surface area (Å²) in [6.45, 7) is 14.2. The van der Waals surface area contributed by atoms with E-state index < -0.39 is 6.10 Å². The molecule has 0 aliphatic heterocycles. The second-order valence-electron chi connectivity index (χ2n) is 20.5. The molecule has 6 saturated carbocycles. The lowest BCUT2D eigenvalue weighted by atomic mass is 9.44. The molecule has 0 radical (unpaired) electrons. The summed E-state index contributed by atoms with van der Waals surface area (Å²) in [5, 5.41) is 28.7. The summed E-state index contributed by atoms with van der Waals surface area (Å²) in [7, 11) is 10.3. The first kappa shape index (κ1) is 42.9. The second kappa shape index (κ2) is 17.9. The number of rotatable bonds is 15. The standard InChI is InChI=1S/C44H80N4O5/c1-25(2)17-33(23-47(7)8)45-42(51)35-20-28(15-16-38(35)48(9)10)34-14-12-13-29(41(34)53-11)18-30-19-31(24-49)39(27(4)50)40(30)43(52)46-37-22-32-21-36(26(37)3)44(32,5)6/h25-41,49-50H,12-24H2,1-11H3,(H,45,51)(H,46,52)/t26-,27-,28?,29?,30?,31-,32+,33-,34?,35?,36-,37-,38?,39+,40-,41?/m0/s1. The lowest BCUT2D eigenvalue weighted by Gasteiger charge is -2.62. The lowest BCUT2D eigenvalue weighted by Crippen LogP contribution is -2.61. The molecule has 0 aromatic heterocycles. The first-order valence-electron chi connectivity index (χ1n) is 21.7. The molecule has 6 fully saturated rings. The maximum atomic E-state index is 14.4. The highest BCUT2D eigenvalue weighted by Gasteiger charge is 2.57. The number of carbonyl (C=O) groups is 2. The molecule has 7 unspecified atom stereocenters. The second-order valence-corrected chi connectivity index (χ2v) is 20.5. The fourth-order valence-corrected chi connectivity index (χ4v) is 13.2. The van der Waals surface area contributed by atoms with Crippen molar-refractivity contribution in [3.8, 4) is 0 Å². The van der Waals surface area contributed by atoms with Gasteiger partial charge in [0.1, 0.15) is 0 Å². The van der Waals surface area contributed by atoms with Crippen LogP contribution in [-0.2, 0) is 14.3 Å². The Labute approximate surface area is 323 Å². The molecule has 6 aliphatic rings. The summed E-state index contributed by atoms with van der Waals surface area (Å²) in [4.78, 5) is 33.0. The smallest absolute Gasteiger partial charge is 0.224 e. The minimum Gasteiger partial charge on any atom is -0.396 e. The van der Waals surface area contributed by atoms with Crippen LogP contribution in [0.3, 0.4) is 0 Å². The third-order valence-corrected chi connectivity index (χ3v) is 15.9. The van der Waals surface area contributed by atoms with Gasteiger partial charge in [0.25, 0.3) is 0 Å². The Bertz CT molecular complexity index is 1200. The summed E-state index contributed by atoms with van der Waals surface area (Å²) < 4.78 is 6.48. The predicted octanol–water partition coefficient (Wildman–Crippen LogP) is 5.68. The van der Waals surface area contributed by atoms with Crippen molar-refractivity contribution in [1.29, 1.82) is 0 Å². The van der Waals surface area contributed by atoms with Gasteiger partial charge in [0, 0.05) is 50.2 Å². The van der Waals surface area contributed by atoms with Crippen molar-refractivity contribution >= 4 is 11.8 Å². The minimum absolute atomic E-state index is 0.000149. The molecule has 0 heterocycles. The van der Waals surface area contributed by atoms with Gasteiger partial charge in [-0.25, -0.2) is 0 Å². The summed E-state index contributed by atoms with van der Waals surface area (Å²) in [5.74, 6) is 3.03. The SMILES string of the molecule is COC1C(CC2C[C@@H](CO)[C@@H]([C@H](C)O)[C@H]2C(=O)N[C@H]2C[C@H]3C[C@@H]([C@@H]2C)C3(C)C)CCCC1C1CCC(N(C)C)C(C(=O)N[C@@H](CC(C)C)CN(C)C)C1. The van der Waals surface area contributed by atoms with E-state index in [1.165, 1.54) is 6.42 Å². The number of ether oxygens (including phenoxy) is 1. The zero-order valence-corrected chi connectivity index (χ0v) is 35.5. The van der Waals surface area contributed by atoms with Gasteiger partial charge in [-0.2, -0.15) is 0 Å². The molecule has 9 nitrogen and oxygen atoms in total. The van der Waals surface area contributed by atoms with Crippen molar-refractivity contribution in [1.82, 2.24) is 20.4 Å². The number of methoxy groups -OCH3 is 1. The number of aliphatic hydroxyl groups excluding tert-OH is 2. The van der Waals surface area contributed by atoms with Crippen LogP contribution in [0.15, 0.2) is 0 Å². The quantitative estimate of drug-likeness (QED) is 0.171. The van der Waals surface area contributed by atoms with Crippen LogP contribution >= 0.6 is 0 Å². The third-order valence-electron chi connectivity index (χ3n) is 15.9. The fourth-order valence-electron chi connectivity index (χ4n) is 13.2. The van der Waals surface area contributed by atoms with Crippen molar-refractivity contribution in [3.05, 3.63) is 0 Å². The van der Waals surface area contributed by atoms with Crippen molar-refractivity contribution in [2.45, 2.75) is 143 Å². The Morgan fingerprint density at radius 1 is 0.925 bits per heavy atom. The van der Waals surface area contributed by atoms with Gasteiger partial charge in [0.2, 0.25) is 11.8 Å². The molecule has 4 N–H and O–H groups in total. The highest BCUT2D eigenvalue weighted by atomic mass is 16.5. The van der Waals surface area contributed by atoms with Crippen molar-refractivity contribution in [2.75, 3.05) is 48.5 Å². The number of hydrogen-bond acceptors (Lipinski definition) is 7. The molecular formula is C44H80N4O5. The molecular weight excluding hydrogens is 665 g/mol. The number of carbonyl (C=O) groups excluding carboxylic acids is 2. The summed E-state index contributed by atoms with van der Waals surface area (Å²) in [6, 6.07) is 0.537. The number of nitrogens with zero attached hydrogens (tertiary/aromatic N) is 2. The van der Waals surface area contributed by atoms with E-state index >= 15 is 0 Å². The van der Waals surface area contributed by atoms with E-state index in [4.69, 9.17) is 4.74 Å². The maximum Gasteiger partial charge on any atom is 0.224 e. The van der Waals surface area contributed by atoms with Gasteiger partial charge in [-0.3, -0.25) is 9.59 Å². The minimum atomic E-state index is -0.658. The molecule has 6 rings (SSSR count). The zero-order chi connectivity index (χ0) is 38.9. The first-order chi connectivity index (χ1) is 25.0. The number of amides is 2. The number of hydrogen-bond donors (Lipinski definition) is 4. The van der Waals surface area contributed by atoms with Gasteiger partial charge in [0.05, 0.1) is 18.1 Å². The van der Waals surface area contributed by atoms with Crippen molar-refractivity contribution in [3.63, 3.8) is 0 Å². The van der Waals surface area contributed by atoms with Crippen LogP contribution < -0.4 is 10.6 Å². The van der Waals surface area contributed by atoms with Gasteiger partial charge in [-0.05, 0) is 158 Å². The van der Waals surface area contributed by atoms with E-state index in [2.05, 4.69) is 83.2 Å². The number of likely N-dealkylation sites (N-methyl/N-ethyl adjacent to an activating group) is 1. The molecule has 0 spiro atoms. The van der Waals surface area contributed by atoms with E-state index in [0.29, 0.717) is 46.8 Å². The topological polar surface area (TPSA) is 114 Å². The average molecular weight is 745 g/mol. The van der Waals surface area contributed by atoms with Crippen LogP contribution in [0.5, 0.6) is 0 Å². The number of fused-ring (bicyclic) bond motifs is 2. The maximum absolute atomic E-state index is 14.4. The summed E-state index contributed by atoms with van der Waals surface area (Å²) >= 11 is 0. The summed E-state index contributed by atoms with van der Waals surface area (Å²) in [6.07, 6.45) is 10.6. The lowest BCUT2D eigenvalue weighted by molar-refractivity contribution is -0.140. The number of aliphatic hydroxyl groups is 2. The Hall–Kier alpha value is -1.26. The average Bonchev–Trinajstić information content (AvgIpc) is 3.46. The molecule has 9 heteroatoms.